The van der Waals surface area contributed by atoms with Crippen molar-refractivity contribution in [1.29, 1.82) is 0 Å². The van der Waals surface area contributed by atoms with Crippen molar-refractivity contribution >= 4 is 5.97 Å². The Kier molecular flexibility index (Phi) is 8.17. The van der Waals surface area contributed by atoms with Gasteiger partial charge in [-0.25, -0.2) is 0 Å². The van der Waals surface area contributed by atoms with E-state index < -0.39 is 5.54 Å². The number of methoxy groups -OCH3 is 1. The maximum absolute atomic E-state index is 11.8. The summed E-state index contributed by atoms with van der Waals surface area (Å²) in [6, 6.07) is 0. The van der Waals surface area contributed by atoms with Gasteiger partial charge in [-0.05, 0) is 33.5 Å². The Hall–Kier alpha value is -0.610. The number of nitrogens with one attached hydrogen (secondary N) is 1. The minimum absolute atomic E-state index is 0.193. The predicted octanol–water partition coefficient (Wildman–Crippen LogP) is 1.65. The van der Waals surface area contributed by atoms with E-state index in [0.717, 1.165) is 13.1 Å². The van der Waals surface area contributed by atoms with Gasteiger partial charge in [-0.2, -0.15) is 0 Å². The second-order valence-electron chi connectivity index (χ2n) is 4.80. The van der Waals surface area contributed by atoms with Gasteiger partial charge in [0.1, 0.15) is 5.54 Å². The fraction of sp³-hybridized carbons (Fsp3) is 0.923. The Balaban J connectivity index is 4.27. The van der Waals surface area contributed by atoms with Crippen LogP contribution < -0.4 is 5.32 Å². The molecule has 0 bridgehead atoms. The molecule has 4 nitrogen and oxygen atoms in total. The van der Waals surface area contributed by atoms with Crippen LogP contribution in [-0.2, 0) is 9.53 Å². The van der Waals surface area contributed by atoms with Gasteiger partial charge in [-0.3, -0.25) is 4.79 Å². The maximum atomic E-state index is 11.8. The summed E-state index contributed by atoms with van der Waals surface area (Å²) in [6.07, 6.45) is 3.63. The highest BCUT2D eigenvalue weighted by molar-refractivity contribution is 5.80. The highest BCUT2D eigenvalue weighted by atomic mass is 16.5. The van der Waals surface area contributed by atoms with Crippen LogP contribution in [0.3, 0.4) is 0 Å². The number of esters is 1. The molecule has 0 aliphatic carbocycles. The highest BCUT2D eigenvalue weighted by Crippen LogP contribution is 2.09. The standard InChI is InChI=1S/C13H28N2O2/c1-6-8-9-10-15(4)11-13(3,14-7-2)12(16)17-5/h14H,6-11H2,1-5H3. The first kappa shape index (κ1) is 16.4. The lowest BCUT2D eigenvalue weighted by Gasteiger charge is -2.32. The number of carbonyl (C=O) groups is 1. The average molecular weight is 244 g/mol. The number of rotatable bonds is 9. The van der Waals surface area contributed by atoms with Crippen LogP contribution in [0.15, 0.2) is 0 Å². The topological polar surface area (TPSA) is 41.6 Å². The van der Waals surface area contributed by atoms with Gasteiger partial charge in [0, 0.05) is 6.54 Å². The van der Waals surface area contributed by atoms with Gasteiger partial charge < -0.3 is 15.0 Å². The molecule has 0 aromatic carbocycles. The first-order valence-electron chi connectivity index (χ1n) is 6.52. The molecule has 0 amide bonds. The summed E-state index contributed by atoms with van der Waals surface area (Å²) in [6.45, 7) is 8.55. The molecule has 0 radical (unpaired) electrons. The molecule has 0 heterocycles. The molecule has 0 saturated carbocycles. The number of carbonyl (C=O) groups excluding carboxylic acids is 1. The van der Waals surface area contributed by atoms with Crippen molar-refractivity contribution in [2.24, 2.45) is 0 Å². The van der Waals surface area contributed by atoms with E-state index in [2.05, 4.69) is 17.1 Å². The quantitative estimate of drug-likeness (QED) is 0.494. The van der Waals surface area contributed by atoms with Crippen molar-refractivity contribution < 1.29 is 9.53 Å². The van der Waals surface area contributed by atoms with Crippen molar-refractivity contribution in [3.05, 3.63) is 0 Å². The van der Waals surface area contributed by atoms with Crippen LogP contribution in [0.4, 0.5) is 0 Å². The van der Waals surface area contributed by atoms with E-state index in [1.165, 1.54) is 26.4 Å². The Labute approximate surface area is 106 Å². The van der Waals surface area contributed by atoms with E-state index >= 15 is 0 Å². The zero-order valence-electron chi connectivity index (χ0n) is 12.0. The summed E-state index contributed by atoms with van der Waals surface area (Å²) in [5, 5.41) is 3.21. The second-order valence-corrected chi connectivity index (χ2v) is 4.80. The lowest BCUT2D eigenvalue weighted by Crippen LogP contribution is -2.56. The lowest BCUT2D eigenvalue weighted by molar-refractivity contribution is -0.148. The monoisotopic (exact) mass is 244 g/mol. The van der Waals surface area contributed by atoms with Gasteiger partial charge in [0.2, 0.25) is 0 Å². The molecular weight excluding hydrogens is 216 g/mol. The smallest absolute Gasteiger partial charge is 0.327 e. The fourth-order valence-electron chi connectivity index (χ4n) is 2.06. The first-order valence-corrected chi connectivity index (χ1v) is 6.52. The van der Waals surface area contributed by atoms with Gasteiger partial charge in [0.15, 0.2) is 0 Å². The Morgan fingerprint density at radius 1 is 1.35 bits per heavy atom. The molecule has 0 aliphatic rings. The van der Waals surface area contributed by atoms with Gasteiger partial charge in [-0.1, -0.05) is 26.7 Å². The van der Waals surface area contributed by atoms with E-state index in [1.807, 2.05) is 20.9 Å². The largest absolute Gasteiger partial charge is 0.468 e. The summed E-state index contributed by atoms with van der Waals surface area (Å²) >= 11 is 0. The van der Waals surface area contributed by atoms with Crippen molar-refractivity contribution in [1.82, 2.24) is 10.2 Å². The Morgan fingerprint density at radius 2 is 2.00 bits per heavy atom. The minimum Gasteiger partial charge on any atom is -0.468 e. The highest BCUT2D eigenvalue weighted by Gasteiger charge is 2.34. The van der Waals surface area contributed by atoms with E-state index in [4.69, 9.17) is 4.74 Å². The van der Waals surface area contributed by atoms with Gasteiger partial charge in [0.25, 0.3) is 0 Å². The number of nitrogens with zero attached hydrogens (tertiary/aromatic N) is 1. The molecule has 102 valence electrons. The summed E-state index contributed by atoms with van der Waals surface area (Å²) in [5.74, 6) is -0.193. The van der Waals surface area contributed by atoms with Crippen LogP contribution in [0.5, 0.6) is 0 Å². The van der Waals surface area contributed by atoms with Crippen molar-refractivity contribution in [3.63, 3.8) is 0 Å². The molecule has 0 saturated heterocycles. The van der Waals surface area contributed by atoms with E-state index in [9.17, 15) is 4.79 Å². The van der Waals surface area contributed by atoms with E-state index in [-0.39, 0.29) is 5.97 Å². The third kappa shape index (κ3) is 6.03. The Morgan fingerprint density at radius 3 is 2.47 bits per heavy atom. The van der Waals surface area contributed by atoms with Crippen LogP contribution in [0, 0.1) is 0 Å². The van der Waals surface area contributed by atoms with Crippen LogP contribution in [0.1, 0.15) is 40.0 Å². The van der Waals surface area contributed by atoms with Crippen LogP contribution >= 0.6 is 0 Å². The average Bonchev–Trinajstić information content (AvgIpc) is 2.28. The third-order valence-electron chi connectivity index (χ3n) is 2.93. The lowest BCUT2D eigenvalue weighted by atomic mass is 10.0. The first-order chi connectivity index (χ1) is 8.00. The molecule has 1 atom stereocenters. The second kappa shape index (κ2) is 8.48. The Bertz CT molecular complexity index is 221. The van der Waals surface area contributed by atoms with E-state index in [1.54, 1.807) is 0 Å². The number of likely N-dealkylation sites (N-methyl/N-ethyl adjacent to an activating group) is 2. The van der Waals surface area contributed by atoms with Crippen LogP contribution in [0.25, 0.3) is 0 Å². The summed E-state index contributed by atoms with van der Waals surface area (Å²) in [5.41, 5.74) is -0.607. The third-order valence-corrected chi connectivity index (χ3v) is 2.93. The molecule has 0 spiro atoms. The molecular formula is C13H28N2O2. The molecule has 1 N–H and O–H groups in total. The fourth-order valence-corrected chi connectivity index (χ4v) is 2.06. The van der Waals surface area contributed by atoms with E-state index in [0.29, 0.717) is 6.54 Å². The van der Waals surface area contributed by atoms with Gasteiger partial charge >= 0.3 is 5.97 Å². The summed E-state index contributed by atoms with van der Waals surface area (Å²) in [4.78, 5) is 14.0. The number of unbranched alkanes of at least 4 members (excludes halogenated alkanes) is 2. The molecule has 0 aliphatic heterocycles. The molecule has 0 aromatic heterocycles. The zero-order valence-corrected chi connectivity index (χ0v) is 12.0. The minimum atomic E-state index is -0.607. The number of hydrogen-bond donors (Lipinski definition) is 1. The molecule has 0 aromatic rings. The zero-order chi connectivity index (χ0) is 13.3. The summed E-state index contributed by atoms with van der Waals surface area (Å²) < 4.78 is 4.87. The molecule has 0 rings (SSSR count). The van der Waals surface area contributed by atoms with Gasteiger partial charge in [-0.15, -0.1) is 0 Å². The normalized spacial score (nSPS) is 14.7. The van der Waals surface area contributed by atoms with Crippen molar-refractivity contribution in [3.8, 4) is 0 Å². The van der Waals surface area contributed by atoms with Crippen LogP contribution in [-0.4, -0.2) is 50.2 Å². The molecule has 1 unspecified atom stereocenters. The molecule has 4 heteroatoms. The number of ether oxygens (including phenoxy) is 1. The maximum Gasteiger partial charge on any atom is 0.327 e. The van der Waals surface area contributed by atoms with Crippen molar-refractivity contribution in [2.45, 2.75) is 45.6 Å². The van der Waals surface area contributed by atoms with Crippen LogP contribution in [0.2, 0.25) is 0 Å². The van der Waals surface area contributed by atoms with Gasteiger partial charge in [0.05, 0.1) is 7.11 Å². The number of hydrogen-bond acceptors (Lipinski definition) is 4. The predicted molar refractivity (Wildman–Crippen MR) is 71.1 cm³/mol. The summed E-state index contributed by atoms with van der Waals surface area (Å²) in [7, 11) is 3.49. The van der Waals surface area contributed by atoms with Crippen molar-refractivity contribution in [2.75, 3.05) is 33.8 Å². The molecule has 17 heavy (non-hydrogen) atoms. The molecule has 0 fully saturated rings. The SMILES string of the molecule is CCCCCN(C)CC(C)(NCC)C(=O)OC.